The van der Waals surface area contributed by atoms with Gasteiger partial charge in [0.1, 0.15) is 11.6 Å². The van der Waals surface area contributed by atoms with Crippen molar-refractivity contribution in [2.24, 2.45) is 0 Å². The van der Waals surface area contributed by atoms with Crippen LogP contribution in [0.3, 0.4) is 0 Å². The first-order chi connectivity index (χ1) is 15.7. The Kier molecular flexibility index (Phi) is 7.17. The van der Waals surface area contributed by atoms with Gasteiger partial charge in [-0.2, -0.15) is 0 Å². The highest BCUT2D eigenvalue weighted by molar-refractivity contribution is 6.46. The van der Waals surface area contributed by atoms with E-state index >= 15 is 0 Å². The molecule has 3 rings (SSSR count). The zero-order valence-electron chi connectivity index (χ0n) is 17.4. The molecule has 1 saturated heterocycles. The molecule has 0 radical (unpaired) electrons. The van der Waals surface area contributed by atoms with Crippen LogP contribution < -0.4 is 0 Å². The van der Waals surface area contributed by atoms with Crippen LogP contribution in [0.2, 0.25) is 0 Å². The van der Waals surface area contributed by atoms with Crippen LogP contribution in [0, 0.1) is 15.9 Å². The number of amides is 1. The topological polar surface area (TPSA) is 138 Å². The van der Waals surface area contributed by atoms with Gasteiger partial charge in [0, 0.05) is 24.6 Å². The van der Waals surface area contributed by atoms with Crippen molar-refractivity contribution in [2.75, 3.05) is 6.54 Å². The Morgan fingerprint density at radius 3 is 2.33 bits per heavy atom. The molecule has 172 valence electrons. The molecule has 1 atom stereocenters. The van der Waals surface area contributed by atoms with E-state index in [-0.39, 0.29) is 35.4 Å². The molecule has 1 heterocycles. The first-order valence-corrected chi connectivity index (χ1v) is 10.2. The smallest absolute Gasteiger partial charge is 0.303 e. The first-order valence-electron chi connectivity index (χ1n) is 10.2. The molecule has 0 spiro atoms. The lowest BCUT2D eigenvalue weighted by Crippen LogP contribution is -2.31. The first kappa shape index (κ1) is 23.6. The Labute approximate surface area is 187 Å². The van der Waals surface area contributed by atoms with Gasteiger partial charge in [0.15, 0.2) is 0 Å². The standard InChI is InChI=1S/C23H21FN2O7/c24-15-11-9-14(10-12-15)21(29)19-20(16-6-3-4-7-17(16)26(32)33)25(23(31)22(19)30)13-5-1-2-8-18(27)28/h3-4,6-7,9-12,20,29H,1-2,5,8,13H2,(H,27,28)/t20-/m0/s1. The zero-order chi connectivity index (χ0) is 24.1. The molecule has 0 saturated carbocycles. The summed E-state index contributed by atoms with van der Waals surface area (Å²) in [7, 11) is 0. The number of aliphatic carboxylic acids is 1. The van der Waals surface area contributed by atoms with Crippen LogP contribution in [0.5, 0.6) is 0 Å². The van der Waals surface area contributed by atoms with Gasteiger partial charge >= 0.3 is 5.97 Å². The molecule has 2 aromatic rings. The van der Waals surface area contributed by atoms with E-state index in [9.17, 15) is 34.0 Å². The molecule has 0 unspecified atom stereocenters. The second-order valence-electron chi connectivity index (χ2n) is 7.52. The van der Waals surface area contributed by atoms with Gasteiger partial charge in [-0.05, 0) is 43.2 Å². The van der Waals surface area contributed by atoms with Crippen molar-refractivity contribution in [1.82, 2.24) is 4.90 Å². The maximum Gasteiger partial charge on any atom is 0.303 e. The Bertz CT molecular complexity index is 1130. The summed E-state index contributed by atoms with van der Waals surface area (Å²) in [6.07, 6.45) is 1.13. The number of carbonyl (C=O) groups excluding carboxylic acids is 2. The Morgan fingerprint density at radius 1 is 1.03 bits per heavy atom. The lowest BCUT2D eigenvalue weighted by molar-refractivity contribution is -0.385. The van der Waals surface area contributed by atoms with Crippen LogP contribution >= 0.6 is 0 Å². The summed E-state index contributed by atoms with van der Waals surface area (Å²) in [5.74, 6) is -4.02. The Hall–Kier alpha value is -4.08. The minimum Gasteiger partial charge on any atom is -0.507 e. The fourth-order valence-corrected chi connectivity index (χ4v) is 3.82. The van der Waals surface area contributed by atoms with Crippen molar-refractivity contribution in [1.29, 1.82) is 0 Å². The van der Waals surface area contributed by atoms with Crippen LogP contribution in [0.4, 0.5) is 10.1 Å². The second-order valence-corrected chi connectivity index (χ2v) is 7.52. The SMILES string of the molecule is O=C(O)CCCCCN1C(=O)C(=O)C(=C(O)c2ccc(F)cc2)[C@@H]1c1ccccc1[N+](=O)[O-]. The number of aliphatic hydroxyl groups excluding tert-OH is 1. The molecule has 1 fully saturated rings. The highest BCUT2D eigenvalue weighted by atomic mass is 19.1. The van der Waals surface area contributed by atoms with E-state index in [4.69, 9.17) is 5.11 Å². The number of carbonyl (C=O) groups is 3. The molecule has 0 aromatic heterocycles. The predicted molar refractivity (Wildman–Crippen MR) is 115 cm³/mol. The number of Topliss-reactive ketones (excluding diaryl/α,β-unsaturated/α-hetero) is 1. The molecule has 1 aliphatic heterocycles. The summed E-state index contributed by atoms with van der Waals surface area (Å²) in [4.78, 5) is 48.6. The summed E-state index contributed by atoms with van der Waals surface area (Å²) >= 11 is 0. The van der Waals surface area contributed by atoms with Crippen molar-refractivity contribution in [2.45, 2.75) is 31.7 Å². The summed E-state index contributed by atoms with van der Waals surface area (Å²) in [5.41, 5.74) is -0.521. The number of unbranched alkanes of at least 4 members (excludes halogenated alkanes) is 2. The zero-order valence-corrected chi connectivity index (χ0v) is 17.4. The average molecular weight is 456 g/mol. The monoisotopic (exact) mass is 456 g/mol. The minimum absolute atomic E-state index is 0.0289. The van der Waals surface area contributed by atoms with E-state index in [1.165, 1.54) is 36.4 Å². The van der Waals surface area contributed by atoms with Crippen LogP contribution in [0.25, 0.3) is 5.76 Å². The van der Waals surface area contributed by atoms with Gasteiger partial charge < -0.3 is 15.1 Å². The Balaban J connectivity index is 2.06. The van der Waals surface area contributed by atoms with Crippen LogP contribution in [-0.2, 0) is 14.4 Å². The number of halogens is 1. The molecule has 10 heteroatoms. The minimum atomic E-state index is -1.23. The van der Waals surface area contributed by atoms with E-state index < -0.39 is 40.2 Å². The molecule has 2 aromatic carbocycles. The number of aliphatic hydroxyl groups is 1. The average Bonchev–Trinajstić information content (AvgIpc) is 3.03. The van der Waals surface area contributed by atoms with Gasteiger partial charge in [-0.25, -0.2) is 4.39 Å². The number of nitro groups is 1. The highest BCUT2D eigenvalue weighted by Gasteiger charge is 2.47. The molecule has 33 heavy (non-hydrogen) atoms. The molecule has 1 amide bonds. The quantitative estimate of drug-likeness (QED) is 0.146. The van der Waals surface area contributed by atoms with Gasteiger partial charge in [-0.3, -0.25) is 24.5 Å². The molecule has 9 nitrogen and oxygen atoms in total. The summed E-state index contributed by atoms with van der Waals surface area (Å²) in [6.45, 7) is 0.0289. The number of hydrogen-bond donors (Lipinski definition) is 2. The van der Waals surface area contributed by atoms with Crippen molar-refractivity contribution in [3.05, 3.63) is 81.2 Å². The third-order valence-electron chi connectivity index (χ3n) is 5.38. The summed E-state index contributed by atoms with van der Waals surface area (Å²) < 4.78 is 13.3. The van der Waals surface area contributed by atoms with Gasteiger partial charge in [0.2, 0.25) is 0 Å². The van der Waals surface area contributed by atoms with E-state index in [0.717, 1.165) is 17.0 Å². The number of rotatable bonds is 9. The number of nitrogens with zero attached hydrogens (tertiary/aromatic N) is 2. The van der Waals surface area contributed by atoms with Gasteiger partial charge in [0.25, 0.3) is 17.4 Å². The second kappa shape index (κ2) is 10.0. The lowest BCUT2D eigenvalue weighted by Gasteiger charge is -2.25. The van der Waals surface area contributed by atoms with Gasteiger partial charge in [-0.1, -0.05) is 18.6 Å². The summed E-state index contributed by atoms with van der Waals surface area (Å²) in [6, 6.07) is 9.01. The molecule has 0 bridgehead atoms. The van der Waals surface area contributed by atoms with Crippen molar-refractivity contribution >= 4 is 29.1 Å². The van der Waals surface area contributed by atoms with Crippen LogP contribution in [0.15, 0.2) is 54.1 Å². The normalized spacial score (nSPS) is 17.4. The third kappa shape index (κ3) is 5.05. The van der Waals surface area contributed by atoms with Gasteiger partial charge in [-0.15, -0.1) is 0 Å². The number of hydrogen-bond acceptors (Lipinski definition) is 6. The van der Waals surface area contributed by atoms with Gasteiger partial charge in [0.05, 0.1) is 22.1 Å². The maximum absolute atomic E-state index is 13.3. The highest BCUT2D eigenvalue weighted by Crippen LogP contribution is 2.42. The van der Waals surface area contributed by atoms with Crippen molar-refractivity contribution < 1.29 is 33.9 Å². The van der Waals surface area contributed by atoms with Crippen LogP contribution in [0.1, 0.15) is 42.9 Å². The van der Waals surface area contributed by atoms with Crippen molar-refractivity contribution in [3.8, 4) is 0 Å². The number of para-hydroxylation sites is 1. The number of carboxylic acids is 1. The number of benzene rings is 2. The molecular formula is C23H21FN2O7. The van der Waals surface area contributed by atoms with E-state index in [0.29, 0.717) is 19.3 Å². The number of likely N-dealkylation sites (tertiary alicyclic amines) is 1. The molecule has 1 aliphatic rings. The van der Waals surface area contributed by atoms with Crippen molar-refractivity contribution in [3.63, 3.8) is 0 Å². The largest absolute Gasteiger partial charge is 0.507 e. The summed E-state index contributed by atoms with van der Waals surface area (Å²) in [5, 5.41) is 31.3. The molecule has 0 aliphatic carbocycles. The molecular weight excluding hydrogens is 435 g/mol. The lowest BCUT2D eigenvalue weighted by atomic mass is 9.94. The maximum atomic E-state index is 13.3. The third-order valence-corrected chi connectivity index (χ3v) is 5.38. The fourth-order valence-electron chi connectivity index (χ4n) is 3.82. The number of carboxylic acid groups (broad SMARTS) is 1. The number of nitro benzene ring substituents is 1. The molecule has 2 N–H and O–H groups in total. The van der Waals surface area contributed by atoms with E-state index in [1.807, 2.05) is 0 Å². The van der Waals surface area contributed by atoms with E-state index in [2.05, 4.69) is 0 Å². The Morgan fingerprint density at radius 2 is 1.70 bits per heavy atom. The predicted octanol–water partition coefficient (Wildman–Crippen LogP) is 3.80. The number of ketones is 1. The van der Waals surface area contributed by atoms with Crippen LogP contribution in [-0.4, -0.2) is 44.2 Å². The fraction of sp³-hybridized carbons (Fsp3) is 0.261. The van der Waals surface area contributed by atoms with E-state index in [1.54, 1.807) is 0 Å².